The Morgan fingerprint density at radius 3 is 2.54 bits per heavy atom. The van der Waals surface area contributed by atoms with Crippen LogP contribution in [0.3, 0.4) is 0 Å². The molecule has 0 unspecified atom stereocenters. The number of ether oxygens (including phenoxy) is 1. The fourth-order valence-electron chi connectivity index (χ4n) is 4.67. The topological polar surface area (TPSA) is 71.4 Å². The van der Waals surface area contributed by atoms with Gasteiger partial charge in [0.05, 0.1) is 17.3 Å². The van der Waals surface area contributed by atoms with Gasteiger partial charge in [-0.25, -0.2) is 0 Å². The zero-order valence-corrected chi connectivity index (χ0v) is 21.5. The maximum absolute atomic E-state index is 13.5. The summed E-state index contributed by atoms with van der Waals surface area (Å²) in [5, 5.41) is 6.54. The van der Waals surface area contributed by atoms with Crippen molar-refractivity contribution in [1.82, 2.24) is 14.9 Å². The molecule has 2 atom stereocenters. The van der Waals surface area contributed by atoms with E-state index in [9.17, 15) is 18.0 Å². The van der Waals surface area contributed by atoms with Crippen LogP contribution in [0.5, 0.6) is 0 Å². The Morgan fingerprint density at radius 1 is 1.05 bits per heavy atom. The quantitative estimate of drug-likeness (QED) is 0.289. The molecular formula is C28H24F3N5O2S. The predicted octanol–water partition coefficient (Wildman–Crippen LogP) is 5.65. The van der Waals surface area contributed by atoms with E-state index < -0.39 is 17.8 Å². The number of benzene rings is 2. The molecule has 0 radical (unpaired) electrons. The number of pyridine rings is 1. The molecular weight excluding hydrogens is 527 g/mol. The Kier molecular flexibility index (Phi) is 7.36. The van der Waals surface area contributed by atoms with Crippen molar-refractivity contribution in [3.63, 3.8) is 0 Å². The van der Waals surface area contributed by atoms with E-state index in [-0.39, 0.29) is 18.6 Å². The van der Waals surface area contributed by atoms with Crippen LogP contribution in [0.1, 0.15) is 29.0 Å². The van der Waals surface area contributed by atoms with Gasteiger partial charge in [0.1, 0.15) is 12.6 Å². The summed E-state index contributed by atoms with van der Waals surface area (Å²) in [6, 6.07) is 20.7. The van der Waals surface area contributed by atoms with Gasteiger partial charge in [0, 0.05) is 42.3 Å². The molecule has 1 fully saturated rings. The van der Waals surface area contributed by atoms with Gasteiger partial charge in [0.15, 0.2) is 5.11 Å². The Balaban J connectivity index is 1.57. The third kappa shape index (κ3) is 5.50. The second kappa shape index (κ2) is 10.9. The predicted molar refractivity (Wildman–Crippen MR) is 146 cm³/mol. The number of carbonyl (C=O) groups is 1. The summed E-state index contributed by atoms with van der Waals surface area (Å²) in [4.78, 5) is 18.4. The maximum atomic E-state index is 13.5. The maximum Gasteiger partial charge on any atom is 0.416 e. The molecule has 0 aliphatic carbocycles. The number of aromatic nitrogens is 2. The van der Waals surface area contributed by atoms with Crippen molar-refractivity contribution in [1.29, 1.82) is 0 Å². The molecule has 1 saturated heterocycles. The number of rotatable bonds is 7. The van der Waals surface area contributed by atoms with Gasteiger partial charge >= 0.3 is 6.18 Å². The number of hydrogen-bond acceptors (Lipinski definition) is 4. The van der Waals surface area contributed by atoms with Crippen LogP contribution in [0, 0.1) is 0 Å². The van der Waals surface area contributed by atoms with Gasteiger partial charge in [-0.15, -0.1) is 0 Å². The molecule has 1 amide bonds. The summed E-state index contributed by atoms with van der Waals surface area (Å²) in [6.45, 7) is -0.0672. The molecule has 11 heteroatoms. The van der Waals surface area contributed by atoms with Gasteiger partial charge in [-0.2, -0.15) is 13.2 Å². The normalized spacial score (nSPS) is 17.2. The molecule has 1 aliphatic rings. The second-order valence-electron chi connectivity index (χ2n) is 8.88. The molecule has 4 aromatic rings. The van der Waals surface area contributed by atoms with Crippen LogP contribution < -0.4 is 15.5 Å². The molecule has 3 heterocycles. The Morgan fingerprint density at radius 2 is 1.85 bits per heavy atom. The highest BCUT2D eigenvalue weighted by atomic mass is 32.1. The number of alkyl halides is 3. The fourth-order valence-corrected chi connectivity index (χ4v) is 5.02. The SMILES string of the molecule is COCC(=O)Nc1ccc(N2C(=S)N[C@H](c3ccccn3)[C@H]2c2cccn2-c2cccc(C(F)(F)F)c2)cc1. The van der Waals surface area contributed by atoms with E-state index in [1.54, 1.807) is 41.2 Å². The Hall–Kier alpha value is -4.22. The van der Waals surface area contributed by atoms with Crippen molar-refractivity contribution >= 4 is 34.6 Å². The summed E-state index contributed by atoms with van der Waals surface area (Å²) in [6.07, 6.45) is -1.06. The van der Waals surface area contributed by atoms with Crippen molar-refractivity contribution in [2.24, 2.45) is 0 Å². The third-order valence-electron chi connectivity index (χ3n) is 6.34. The minimum Gasteiger partial charge on any atom is -0.375 e. The van der Waals surface area contributed by atoms with Gasteiger partial charge in [-0.05, 0) is 78.9 Å². The molecule has 2 N–H and O–H groups in total. The molecule has 7 nitrogen and oxygen atoms in total. The van der Waals surface area contributed by atoms with E-state index in [2.05, 4.69) is 15.6 Å². The number of methoxy groups -OCH3 is 1. The van der Waals surface area contributed by atoms with Crippen molar-refractivity contribution < 1.29 is 22.7 Å². The average Bonchev–Trinajstić information content (AvgIpc) is 3.54. The van der Waals surface area contributed by atoms with Crippen LogP contribution >= 0.6 is 12.2 Å². The highest BCUT2D eigenvalue weighted by Crippen LogP contribution is 2.42. The first-order valence-corrected chi connectivity index (χ1v) is 12.4. The highest BCUT2D eigenvalue weighted by molar-refractivity contribution is 7.80. The van der Waals surface area contributed by atoms with Crippen LogP contribution in [-0.4, -0.2) is 34.3 Å². The van der Waals surface area contributed by atoms with Crippen LogP contribution in [0.25, 0.3) is 5.69 Å². The lowest BCUT2D eigenvalue weighted by atomic mass is 10.0. The standard InChI is InChI=1S/C28H24F3N5O2S/c1-38-17-24(37)33-19-10-12-20(13-11-19)36-26(25(34-27(36)39)22-8-2-3-14-32-22)23-9-5-15-35(23)21-7-4-6-18(16-21)28(29,30)31/h2-16,25-26H,17H2,1H3,(H,33,37)(H,34,39)/t25-,26-/m1/s1. The smallest absolute Gasteiger partial charge is 0.375 e. The van der Waals surface area contributed by atoms with Crippen LogP contribution in [-0.2, 0) is 15.7 Å². The first-order valence-electron chi connectivity index (χ1n) is 12.0. The van der Waals surface area contributed by atoms with Gasteiger partial charge in [-0.1, -0.05) is 12.1 Å². The lowest BCUT2D eigenvalue weighted by Gasteiger charge is -2.29. The monoisotopic (exact) mass is 551 g/mol. The average molecular weight is 552 g/mol. The molecule has 0 spiro atoms. The molecule has 5 rings (SSSR count). The number of nitrogens with zero attached hydrogens (tertiary/aromatic N) is 3. The van der Waals surface area contributed by atoms with E-state index in [4.69, 9.17) is 17.0 Å². The molecule has 2 aromatic heterocycles. The van der Waals surface area contributed by atoms with E-state index >= 15 is 0 Å². The van der Waals surface area contributed by atoms with Gasteiger partial charge in [-0.3, -0.25) is 9.78 Å². The molecule has 0 saturated carbocycles. The highest BCUT2D eigenvalue weighted by Gasteiger charge is 2.42. The molecule has 0 bridgehead atoms. The Labute approximate surface area is 228 Å². The minimum atomic E-state index is -4.47. The molecule has 1 aliphatic heterocycles. The lowest BCUT2D eigenvalue weighted by molar-refractivity contribution is -0.137. The third-order valence-corrected chi connectivity index (χ3v) is 6.65. The first-order chi connectivity index (χ1) is 18.8. The summed E-state index contributed by atoms with van der Waals surface area (Å²) in [5.41, 5.74) is 2.41. The number of carbonyl (C=O) groups excluding carboxylic acids is 1. The van der Waals surface area contributed by atoms with Crippen LogP contribution in [0.4, 0.5) is 24.5 Å². The first kappa shape index (κ1) is 26.4. The van der Waals surface area contributed by atoms with Gasteiger partial charge in [0.2, 0.25) is 5.91 Å². The van der Waals surface area contributed by atoms with E-state index in [0.717, 1.165) is 29.2 Å². The number of amides is 1. The fraction of sp³-hybridized carbons (Fsp3) is 0.179. The lowest BCUT2D eigenvalue weighted by Crippen LogP contribution is -2.30. The largest absolute Gasteiger partial charge is 0.416 e. The van der Waals surface area contributed by atoms with Crippen molar-refractivity contribution in [3.05, 3.63) is 108 Å². The zero-order valence-electron chi connectivity index (χ0n) is 20.7. The van der Waals surface area contributed by atoms with E-state index in [0.29, 0.717) is 16.5 Å². The number of halogens is 3. The van der Waals surface area contributed by atoms with Crippen LogP contribution in [0.2, 0.25) is 0 Å². The van der Waals surface area contributed by atoms with Gasteiger partial charge < -0.3 is 24.8 Å². The number of nitrogens with one attached hydrogen (secondary N) is 2. The molecule has 2 aromatic carbocycles. The van der Waals surface area contributed by atoms with E-state index in [1.165, 1.54) is 13.2 Å². The summed E-state index contributed by atoms with van der Waals surface area (Å²) >= 11 is 5.76. The summed E-state index contributed by atoms with van der Waals surface area (Å²) < 4.78 is 47.1. The zero-order chi connectivity index (χ0) is 27.6. The Bertz CT molecular complexity index is 1470. The van der Waals surface area contributed by atoms with Gasteiger partial charge in [0.25, 0.3) is 0 Å². The summed E-state index contributed by atoms with van der Waals surface area (Å²) in [5.74, 6) is -0.282. The number of anilines is 2. The number of thiocarbonyl (C=S) groups is 1. The minimum absolute atomic E-state index is 0.0672. The van der Waals surface area contributed by atoms with E-state index in [1.807, 2.05) is 41.3 Å². The van der Waals surface area contributed by atoms with Crippen molar-refractivity contribution in [3.8, 4) is 5.69 Å². The summed E-state index contributed by atoms with van der Waals surface area (Å²) in [7, 11) is 1.44. The van der Waals surface area contributed by atoms with Crippen molar-refractivity contribution in [2.45, 2.75) is 18.3 Å². The van der Waals surface area contributed by atoms with Crippen LogP contribution in [0.15, 0.2) is 91.3 Å². The number of hydrogen-bond donors (Lipinski definition) is 2. The second-order valence-corrected chi connectivity index (χ2v) is 9.26. The molecule has 200 valence electrons. The molecule has 39 heavy (non-hydrogen) atoms. The van der Waals surface area contributed by atoms with Crippen molar-refractivity contribution in [2.75, 3.05) is 23.9 Å².